The second kappa shape index (κ2) is 5.94. The van der Waals surface area contributed by atoms with Crippen LogP contribution in [0.2, 0.25) is 12.1 Å². The molecule has 0 heterocycles. The van der Waals surface area contributed by atoms with Crippen molar-refractivity contribution in [3.63, 3.8) is 0 Å². The van der Waals surface area contributed by atoms with Crippen LogP contribution in [-0.2, 0) is 0 Å². The largest absolute Gasteiger partial charge is 0.331 e. The molecule has 1 radical (unpaired) electrons. The van der Waals surface area contributed by atoms with Gasteiger partial charge in [-0.1, -0.05) is 45.7 Å². The van der Waals surface area contributed by atoms with Gasteiger partial charge in [-0.05, 0) is 12.1 Å². The maximum Gasteiger partial charge on any atom is 0.0553 e. The maximum atomic E-state index is 6.16. The summed E-state index contributed by atoms with van der Waals surface area (Å²) in [5, 5.41) is 0. The molecule has 73 valence electrons. The highest BCUT2D eigenvalue weighted by molar-refractivity contribution is 7.18. The lowest BCUT2D eigenvalue weighted by Gasteiger charge is -2.32. The van der Waals surface area contributed by atoms with Crippen LogP contribution in [0, 0.1) is 6.92 Å². The molecule has 3 heteroatoms. The van der Waals surface area contributed by atoms with Crippen molar-refractivity contribution in [2.75, 3.05) is 0 Å². The summed E-state index contributed by atoms with van der Waals surface area (Å²) in [6.45, 7) is 8.51. The van der Waals surface area contributed by atoms with E-state index in [9.17, 15) is 0 Å². The summed E-state index contributed by atoms with van der Waals surface area (Å²) in [4.78, 5) is 0. The van der Waals surface area contributed by atoms with Crippen molar-refractivity contribution < 1.29 is 0 Å². The standard InChI is InChI=1S/C9H24NSi2/c1-4-7-12(11,8-5-2)9(10)6-3/h9H,3-8,10H2,1-2,11H3. The van der Waals surface area contributed by atoms with Gasteiger partial charge in [-0.3, -0.25) is 0 Å². The minimum atomic E-state index is -0.999. The summed E-state index contributed by atoms with van der Waals surface area (Å²) < 4.78 is 0. The van der Waals surface area contributed by atoms with Crippen molar-refractivity contribution in [2.24, 2.45) is 5.73 Å². The molecule has 1 atom stereocenters. The van der Waals surface area contributed by atoms with Crippen LogP contribution in [0.3, 0.4) is 0 Å². The van der Waals surface area contributed by atoms with Crippen molar-refractivity contribution in [3.05, 3.63) is 6.92 Å². The van der Waals surface area contributed by atoms with Crippen molar-refractivity contribution >= 4 is 17.4 Å². The van der Waals surface area contributed by atoms with Crippen LogP contribution in [0.4, 0.5) is 0 Å². The molecule has 0 aromatic carbocycles. The molecule has 0 fully saturated rings. The van der Waals surface area contributed by atoms with Gasteiger partial charge < -0.3 is 5.73 Å². The predicted molar refractivity (Wildman–Crippen MR) is 63.8 cm³/mol. The van der Waals surface area contributed by atoms with Crippen molar-refractivity contribution in [3.8, 4) is 0 Å². The minimum Gasteiger partial charge on any atom is -0.331 e. The Balaban J connectivity index is 4.15. The van der Waals surface area contributed by atoms with Gasteiger partial charge in [0, 0.05) is 9.76 Å². The Hall–Kier alpha value is 0.394. The fourth-order valence-corrected chi connectivity index (χ4v) is 9.83. The van der Waals surface area contributed by atoms with Crippen molar-refractivity contribution in [1.29, 1.82) is 0 Å². The predicted octanol–water partition coefficient (Wildman–Crippen LogP) is 1.21. The lowest BCUT2D eigenvalue weighted by molar-refractivity contribution is 0.837. The Morgan fingerprint density at radius 3 is 2.00 bits per heavy atom. The number of nitrogens with two attached hydrogens (primary N) is 1. The first kappa shape index (κ1) is 12.4. The quantitative estimate of drug-likeness (QED) is 0.644. The Labute approximate surface area is 81.3 Å². The van der Waals surface area contributed by atoms with Gasteiger partial charge >= 0.3 is 0 Å². The topological polar surface area (TPSA) is 26.0 Å². The SMILES string of the molecule is [CH2]CC(N)[Si]([SiH3])(CCC)CCC. The summed E-state index contributed by atoms with van der Waals surface area (Å²) in [7, 11) is 0.356. The molecule has 0 saturated heterocycles. The Morgan fingerprint density at radius 2 is 1.75 bits per heavy atom. The fourth-order valence-electron chi connectivity index (χ4n) is 1.99. The molecule has 2 N–H and O–H groups in total. The Kier molecular flexibility index (Phi) is 6.14. The molecule has 0 spiro atoms. The van der Waals surface area contributed by atoms with E-state index in [4.69, 9.17) is 5.73 Å². The first-order valence-electron chi connectivity index (χ1n) is 5.15. The average molecular weight is 202 g/mol. The molecule has 12 heavy (non-hydrogen) atoms. The zero-order valence-electron chi connectivity index (χ0n) is 8.90. The first-order chi connectivity index (χ1) is 5.60. The highest BCUT2D eigenvalue weighted by atomic mass is 29.2. The third kappa shape index (κ3) is 3.41. The average Bonchev–Trinajstić information content (AvgIpc) is 2.04. The normalized spacial score (nSPS) is 15.0. The number of hydrogen-bond acceptors (Lipinski definition) is 1. The zero-order chi connectivity index (χ0) is 9.61. The Bertz CT molecular complexity index is 111. The second-order valence-electron chi connectivity index (χ2n) is 4.05. The highest BCUT2D eigenvalue weighted by Crippen LogP contribution is 2.20. The lowest BCUT2D eigenvalue weighted by atomic mass is 10.5. The van der Waals surface area contributed by atoms with Gasteiger partial charge in [0.2, 0.25) is 0 Å². The van der Waals surface area contributed by atoms with Crippen LogP contribution in [0.15, 0.2) is 0 Å². The molecule has 0 rings (SSSR count). The molecule has 1 nitrogen and oxygen atoms in total. The molecule has 0 aliphatic rings. The molecule has 0 aromatic heterocycles. The Morgan fingerprint density at radius 1 is 1.33 bits per heavy atom. The molecule has 1 unspecified atom stereocenters. The molecule has 0 bridgehead atoms. The van der Waals surface area contributed by atoms with E-state index >= 15 is 0 Å². The van der Waals surface area contributed by atoms with E-state index in [0.29, 0.717) is 5.67 Å². The summed E-state index contributed by atoms with van der Waals surface area (Å²) in [6.07, 6.45) is 3.60. The molecule has 0 amide bonds. The summed E-state index contributed by atoms with van der Waals surface area (Å²) in [6, 6.07) is 2.87. The fraction of sp³-hybridized carbons (Fsp3) is 0.889. The van der Waals surface area contributed by atoms with Gasteiger partial charge in [0.15, 0.2) is 0 Å². The van der Waals surface area contributed by atoms with Gasteiger partial charge in [0.05, 0.1) is 7.59 Å². The van der Waals surface area contributed by atoms with Crippen LogP contribution in [-0.4, -0.2) is 23.0 Å². The van der Waals surface area contributed by atoms with E-state index < -0.39 is 7.59 Å². The van der Waals surface area contributed by atoms with Crippen molar-refractivity contribution in [2.45, 2.75) is 50.9 Å². The molecule has 0 aromatic rings. The molecular weight excluding hydrogens is 178 g/mol. The monoisotopic (exact) mass is 202 g/mol. The highest BCUT2D eigenvalue weighted by Gasteiger charge is 2.30. The summed E-state index contributed by atoms with van der Waals surface area (Å²) >= 11 is 0. The third-order valence-corrected chi connectivity index (χ3v) is 13.4. The molecule has 0 aliphatic heterocycles. The van der Waals surface area contributed by atoms with E-state index in [-0.39, 0.29) is 0 Å². The van der Waals surface area contributed by atoms with Crippen LogP contribution in [0.1, 0.15) is 33.1 Å². The van der Waals surface area contributed by atoms with Crippen LogP contribution < -0.4 is 5.73 Å². The van der Waals surface area contributed by atoms with Crippen LogP contribution >= 0.6 is 0 Å². The van der Waals surface area contributed by atoms with Gasteiger partial charge in [-0.25, -0.2) is 0 Å². The number of hydrogen-bond donors (Lipinski definition) is 1. The van der Waals surface area contributed by atoms with Gasteiger partial charge in [-0.2, -0.15) is 0 Å². The third-order valence-electron chi connectivity index (χ3n) is 2.85. The van der Waals surface area contributed by atoms with E-state index in [0.717, 1.165) is 6.42 Å². The molecular formula is C9H24NSi2. The molecule has 0 saturated carbocycles. The smallest absolute Gasteiger partial charge is 0.0553 e. The van der Waals surface area contributed by atoms with Crippen LogP contribution in [0.5, 0.6) is 0 Å². The first-order valence-corrected chi connectivity index (χ1v) is 11.1. The second-order valence-corrected chi connectivity index (χ2v) is 15.1. The minimum absolute atomic E-state index is 0.476. The van der Waals surface area contributed by atoms with Gasteiger partial charge in [-0.15, -0.1) is 0 Å². The van der Waals surface area contributed by atoms with Crippen molar-refractivity contribution in [1.82, 2.24) is 0 Å². The van der Waals surface area contributed by atoms with Gasteiger partial charge in [0.25, 0.3) is 0 Å². The van der Waals surface area contributed by atoms with E-state index in [2.05, 4.69) is 20.8 Å². The maximum absolute atomic E-state index is 6.16. The zero-order valence-corrected chi connectivity index (χ0v) is 11.9. The summed E-state index contributed by atoms with van der Waals surface area (Å²) in [5.74, 6) is 0. The van der Waals surface area contributed by atoms with Gasteiger partial charge in [0.1, 0.15) is 0 Å². The van der Waals surface area contributed by atoms with E-state index in [1.807, 2.05) is 0 Å². The summed E-state index contributed by atoms with van der Waals surface area (Å²) in [5.41, 5.74) is 6.63. The van der Waals surface area contributed by atoms with E-state index in [1.54, 1.807) is 0 Å². The number of rotatable bonds is 6. The lowest BCUT2D eigenvalue weighted by Crippen LogP contribution is -2.53. The molecule has 0 aliphatic carbocycles. The van der Waals surface area contributed by atoms with Crippen LogP contribution in [0.25, 0.3) is 0 Å². The van der Waals surface area contributed by atoms with E-state index in [1.165, 1.54) is 34.7 Å².